The fourth-order valence-corrected chi connectivity index (χ4v) is 3.33. The van der Waals surface area contributed by atoms with Crippen LogP contribution in [0.25, 0.3) is 6.08 Å². The molecule has 0 aromatic heterocycles. The highest BCUT2D eigenvalue weighted by Crippen LogP contribution is 2.32. The number of hydrogen-bond donors (Lipinski definition) is 0. The Balaban J connectivity index is 1.69. The monoisotopic (exact) mass is 456 g/mol. The molecular weight excluding hydrogens is 444 g/mol. The molecule has 4 heteroatoms. The van der Waals surface area contributed by atoms with Crippen molar-refractivity contribution in [1.82, 2.24) is 0 Å². The molecule has 0 radical (unpaired) electrons. The summed E-state index contributed by atoms with van der Waals surface area (Å²) in [6.45, 7) is 0. The van der Waals surface area contributed by atoms with Crippen molar-refractivity contribution in [2.75, 3.05) is 0 Å². The molecule has 0 atom stereocenters. The summed E-state index contributed by atoms with van der Waals surface area (Å²) in [5.41, 5.74) is 1.62. The lowest BCUT2D eigenvalue weighted by molar-refractivity contribution is 0.104. The number of carbonyl (C=O) groups excluding carboxylic acids is 1. The summed E-state index contributed by atoms with van der Waals surface area (Å²) in [6.07, 6.45) is 3.39. The molecule has 3 aromatic carbocycles. The second kappa shape index (κ2) is 8.28. The van der Waals surface area contributed by atoms with Gasteiger partial charge in [0.05, 0.1) is 4.47 Å². The molecule has 3 aromatic rings. The van der Waals surface area contributed by atoms with E-state index in [-0.39, 0.29) is 5.78 Å². The number of hydrogen-bond acceptors (Lipinski definition) is 2. The van der Waals surface area contributed by atoms with E-state index in [1.54, 1.807) is 30.3 Å². The van der Waals surface area contributed by atoms with Gasteiger partial charge in [0.25, 0.3) is 0 Å². The highest BCUT2D eigenvalue weighted by Gasteiger charge is 2.05. The number of benzene rings is 3. The van der Waals surface area contributed by atoms with E-state index in [1.165, 1.54) is 0 Å². The molecule has 0 aliphatic carbocycles. The zero-order valence-electron chi connectivity index (χ0n) is 13.2. The number of ether oxygens (including phenoxy) is 1. The topological polar surface area (TPSA) is 26.3 Å². The molecule has 0 fully saturated rings. The SMILES string of the molecule is O=C(/C=C/c1ccccc1)c1ccc(Oc2ccc(Br)cc2Br)cc1. The van der Waals surface area contributed by atoms with Gasteiger partial charge < -0.3 is 4.74 Å². The van der Waals surface area contributed by atoms with Crippen molar-refractivity contribution in [2.24, 2.45) is 0 Å². The summed E-state index contributed by atoms with van der Waals surface area (Å²) in [5.74, 6) is 1.35. The summed E-state index contributed by atoms with van der Waals surface area (Å²) in [4.78, 5) is 12.2. The van der Waals surface area contributed by atoms with Gasteiger partial charge in [-0.25, -0.2) is 0 Å². The van der Waals surface area contributed by atoms with Crippen LogP contribution in [0.2, 0.25) is 0 Å². The molecule has 0 bridgehead atoms. The molecule has 0 amide bonds. The predicted octanol–water partition coefficient (Wildman–Crippen LogP) is 6.90. The Hall–Kier alpha value is -2.17. The van der Waals surface area contributed by atoms with Gasteiger partial charge in [-0.05, 0) is 70.0 Å². The highest BCUT2D eigenvalue weighted by molar-refractivity contribution is 9.11. The van der Waals surface area contributed by atoms with Crippen LogP contribution in [0.4, 0.5) is 0 Å². The third kappa shape index (κ3) is 4.91. The minimum atomic E-state index is -0.0415. The first kappa shape index (κ1) is 17.6. The van der Waals surface area contributed by atoms with Crippen LogP contribution in [0.1, 0.15) is 15.9 Å². The van der Waals surface area contributed by atoms with Crippen molar-refractivity contribution in [3.8, 4) is 11.5 Å². The van der Waals surface area contributed by atoms with Crippen molar-refractivity contribution in [2.45, 2.75) is 0 Å². The standard InChI is InChI=1S/C21H14Br2O2/c22-17-9-13-21(19(23)14-17)25-18-10-7-16(8-11-18)20(24)12-6-15-4-2-1-3-5-15/h1-14H/b12-6+. The van der Waals surface area contributed by atoms with E-state index in [9.17, 15) is 4.79 Å². The van der Waals surface area contributed by atoms with Crippen molar-refractivity contribution < 1.29 is 9.53 Å². The Kier molecular flexibility index (Phi) is 5.84. The third-order valence-electron chi connectivity index (χ3n) is 3.49. The molecule has 0 aliphatic heterocycles. The van der Waals surface area contributed by atoms with Crippen LogP contribution in [0.3, 0.4) is 0 Å². The Labute approximate surface area is 163 Å². The first-order valence-electron chi connectivity index (χ1n) is 7.62. The van der Waals surface area contributed by atoms with Crippen LogP contribution in [-0.2, 0) is 0 Å². The Bertz CT molecular complexity index is 901. The van der Waals surface area contributed by atoms with Gasteiger partial charge >= 0.3 is 0 Å². The fourth-order valence-electron chi connectivity index (χ4n) is 2.20. The molecule has 0 saturated carbocycles. The summed E-state index contributed by atoms with van der Waals surface area (Å²) in [7, 11) is 0. The van der Waals surface area contributed by atoms with Gasteiger partial charge in [0.2, 0.25) is 0 Å². The summed E-state index contributed by atoms with van der Waals surface area (Å²) < 4.78 is 7.66. The van der Waals surface area contributed by atoms with E-state index in [2.05, 4.69) is 31.9 Å². The molecular formula is C21H14Br2O2. The number of halogens is 2. The van der Waals surface area contributed by atoms with Crippen molar-refractivity contribution >= 4 is 43.7 Å². The van der Waals surface area contributed by atoms with Crippen molar-refractivity contribution in [3.63, 3.8) is 0 Å². The number of carbonyl (C=O) groups is 1. The van der Waals surface area contributed by atoms with Crippen LogP contribution in [-0.4, -0.2) is 5.78 Å². The average Bonchev–Trinajstić information content (AvgIpc) is 2.63. The highest BCUT2D eigenvalue weighted by atomic mass is 79.9. The van der Waals surface area contributed by atoms with Crippen LogP contribution in [0.15, 0.2) is 87.8 Å². The summed E-state index contributed by atoms with van der Waals surface area (Å²) in [5, 5.41) is 0. The van der Waals surface area contributed by atoms with Gasteiger partial charge in [-0.2, -0.15) is 0 Å². The number of allylic oxidation sites excluding steroid dienone is 1. The first-order chi connectivity index (χ1) is 12.1. The van der Waals surface area contributed by atoms with E-state index in [0.29, 0.717) is 17.1 Å². The van der Waals surface area contributed by atoms with Crippen LogP contribution >= 0.6 is 31.9 Å². The van der Waals surface area contributed by atoms with Gasteiger partial charge in [-0.15, -0.1) is 0 Å². The van der Waals surface area contributed by atoms with Crippen LogP contribution in [0.5, 0.6) is 11.5 Å². The summed E-state index contributed by atoms with van der Waals surface area (Å²) >= 11 is 6.88. The second-order valence-corrected chi connectivity index (χ2v) is 7.08. The van der Waals surface area contributed by atoms with Crippen molar-refractivity contribution in [3.05, 3.63) is 98.9 Å². The smallest absolute Gasteiger partial charge is 0.185 e. The normalized spacial score (nSPS) is 10.8. The lowest BCUT2D eigenvalue weighted by atomic mass is 10.1. The number of rotatable bonds is 5. The van der Waals surface area contributed by atoms with E-state index < -0.39 is 0 Å². The number of ketones is 1. The molecule has 2 nitrogen and oxygen atoms in total. The third-order valence-corrected chi connectivity index (χ3v) is 4.60. The molecule has 0 unspecified atom stereocenters. The molecule has 25 heavy (non-hydrogen) atoms. The van der Waals surface area contributed by atoms with Gasteiger partial charge in [0.1, 0.15) is 11.5 Å². The molecule has 0 spiro atoms. The van der Waals surface area contributed by atoms with E-state index in [4.69, 9.17) is 4.74 Å². The van der Waals surface area contributed by atoms with Crippen molar-refractivity contribution in [1.29, 1.82) is 0 Å². The maximum absolute atomic E-state index is 12.2. The molecule has 0 heterocycles. The van der Waals surface area contributed by atoms with E-state index in [0.717, 1.165) is 14.5 Å². The van der Waals surface area contributed by atoms with Gasteiger partial charge in [0, 0.05) is 10.0 Å². The maximum Gasteiger partial charge on any atom is 0.185 e. The van der Waals surface area contributed by atoms with Crippen LogP contribution in [0, 0.1) is 0 Å². The predicted molar refractivity (Wildman–Crippen MR) is 108 cm³/mol. The van der Waals surface area contributed by atoms with Gasteiger partial charge in [-0.3, -0.25) is 4.79 Å². The van der Waals surface area contributed by atoms with E-state index >= 15 is 0 Å². The molecule has 0 aliphatic rings. The van der Waals surface area contributed by atoms with Gasteiger partial charge in [-0.1, -0.05) is 52.3 Å². The molecule has 0 saturated heterocycles. The Morgan fingerprint density at radius 2 is 1.60 bits per heavy atom. The lowest BCUT2D eigenvalue weighted by Crippen LogP contribution is -1.94. The largest absolute Gasteiger partial charge is 0.456 e. The quantitative estimate of drug-likeness (QED) is 0.307. The first-order valence-corrected chi connectivity index (χ1v) is 9.21. The Morgan fingerprint density at radius 1 is 0.880 bits per heavy atom. The summed E-state index contributed by atoms with van der Waals surface area (Å²) in [6, 6.07) is 22.5. The Morgan fingerprint density at radius 3 is 2.28 bits per heavy atom. The molecule has 124 valence electrons. The maximum atomic E-state index is 12.2. The van der Waals surface area contributed by atoms with Crippen LogP contribution < -0.4 is 4.74 Å². The molecule has 3 rings (SSSR count). The minimum absolute atomic E-state index is 0.0415. The van der Waals surface area contributed by atoms with Gasteiger partial charge in [0.15, 0.2) is 5.78 Å². The zero-order chi connectivity index (χ0) is 17.6. The molecule has 0 N–H and O–H groups in total. The second-order valence-electron chi connectivity index (χ2n) is 5.31. The fraction of sp³-hybridized carbons (Fsp3) is 0. The lowest BCUT2D eigenvalue weighted by Gasteiger charge is -2.08. The minimum Gasteiger partial charge on any atom is -0.456 e. The van der Waals surface area contributed by atoms with E-state index in [1.807, 2.05) is 54.6 Å². The zero-order valence-corrected chi connectivity index (χ0v) is 16.3. The average molecular weight is 458 g/mol.